The molecular formula is C24H32N10. The Labute approximate surface area is 199 Å². The van der Waals surface area contributed by atoms with Crippen molar-refractivity contribution in [3.05, 3.63) is 47.9 Å². The molecule has 1 aromatic carbocycles. The summed E-state index contributed by atoms with van der Waals surface area (Å²) >= 11 is 0. The second kappa shape index (κ2) is 9.38. The molecule has 0 amide bonds. The molecule has 1 atom stereocenters. The molecule has 34 heavy (non-hydrogen) atoms. The molecule has 1 unspecified atom stereocenters. The van der Waals surface area contributed by atoms with Crippen molar-refractivity contribution in [2.45, 2.75) is 39.7 Å². The molecule has 0 aliphatic carbocycles. The van der Waals surface area contributed by atoms with Crippen LogP contribution in [0.15, 0.2) is 36.5 Å². The first-order chi connectivity index (χ1) is 16.5. The van der Waals surface area contributed by atoms with Crippen LogP contribution in [-0.4, -0.2) is 72.4 Å². The van der Waals surface area contributed by atoms with Gasteiger partial charge in [0.25, 0.3) is 0 Å². The zero-order chi connectivity index (χ0) is 23.7. The smallest absolute Gasteiger partial charge is 0.230 e. The molecule has 0 saturated carbocycles. The Hall–Kier alpha value is -3.53. The Balaban J connectivity index is 1.45. The van der Waals surface area contributed by atoms with Gasteiger partial charge in [-0.1, -0.05) is 51.1 Å². The van der Waals surface area contributed by atoms with Crippen LogP contribution in [0.2, 0.25) is 0 Å². The zero-order valence-corrected chi connectivity index (χ0v) is 20.2. The molecule has 0 bridgehead atoms. The summed E-state index contributed by atoms with van der Waals surface area (Å²) in [4.78, 5) is 17.9. The fourth-order valence-corrected chi connectivity index (χ4v) is 4.25. The summed E-state index contributed by atoms with van der Waals surface area (Å²) in [5, 5.41) is 16.8. The molecule has 10 nitrogen and oxygen atoms in total. The maximum atomic E-state index is 4.94. The lowest BCUT2D eigenvalue weighted by Crippen LogP contribution is -2.46. The SMILES string of the molecule is CCN1CCN(c2nc(NC(C)c3nnc(-c4ccccc4)[nH]3)n3ncc(C(C)C)c3n2)CC1. The summed E-state index contributed by atoms with van der Waals surface area (Å²) in [6.45, 7) is 13.5. The maximum absolute atomic E-state index is 4.94. The highest BCUT2D eigenvalue weighted by Crippen LogP contribution is 2.26. The van der Waals surface area contributed by atoms with E-state index in [4.69, 9.17) is 9.97 Å². The number of anilines is 2. The lowest BCUT2D eigenvalue weighted by atomic mass is 10.1. The third-order valence-electron chi connectivity index (χ3n) is 6.42. The number of hydrogen-bond acceptors (Lipinski definition) is 8. The predicted molar refractivity (Wildman–Crippen MR) is 133 cm³/mol. The van der Waals surface area contributed by atoms with Crippen molar-refractivity contribution in [2.24, 2.45) is 0 Å². The van der Waals surface area contributed by atoms with Gasteiger partial charge in [0, 0.05) is 37.3 Å². The van der Waals surface area contributed by atoms with Gasteiger partial charge >= 0.3 is 0 Å². The normalized spacial score (nSPS) is 15.9. The van der Waals surface area contributed by atoms with E-state index in [1.165, 1.54) is 0 Å². The minimum atomic E-state index is -0.153. The fraction of sp³-hybridized carbons (Fsp3) is 0.458. The number of nitrogens with one attached hydrogen (secondary N) is 2. The molecule has 10 heteroatoms. The van der Waals surface area contributed by atoms with Crippen LogP contribution in [0.5, 0.6) is 0 Å². The van der Waals surface area contributed by atoms with Crippen LogP contribution in [0.25, 0.3) is 17.0 Å². The van der Waals surface area contributed by atoms with Crippen LogP contribution < -0.4 is 10.2 Å². The van der Waals surface area contributed by atoms with Crippen LogP contribution in [0, 0.1) is 0 Å². The van der Waals surface area contributed by atoms with E-state index < -0.39 is 0 Å². The van der Waals surface area contributed by atoms with Crippen molar-refractivity contribution in [2.75, 3.05) is 42.9 Å². The highest BCUT2D eigenvalue weighted by Gasteiger charge is 2.23. The number of likely N-dealkylation sites (N-methyl/N-ethyl adjacent to an activating group) is 1. The van der Waals surface area contributed by atoms with Crippen LogP contribution in [-0.2, 0) is 0 Å². The standard InChI is InChI=1S/C24H32N10/c1-5-32-11-13-33(14-12-32)23-28-22-19(16(2)3)15-25-34(22)24(29-23)26-17(4)20-27-21(31-30-20)18-9-7-6-8-10-18/h6-10,15-17H,5,11-14H2,1-4H3,(H,26,28,29)(H,27,30,31). The number of piperazine rings is 1. The van der Waals surface area contributed by atoms with E-state index in [1.807, 2.05) is 43.5 Å². The first-order valence-electron chi connectivity index (χ1n) is 12.0. The summed E-state index contributed by atoms with van der Waals surface area (Å²) < 4.78 is 1.80. The molecule has 1 fully saturated rings. The van der Waals surface area contributed by atoms with Gasteiger partial charge in [-0.2, -0.15) is 19.6 Å². The largest absolute Gasteiger partial charge is 0.344 e. The van der Waals surface area contributed by atoms with Crippen molar-refractivity contribution >= 4 is 17.5 Å². The van der Waals surface area contributed by atoms with Gasteiger partial charge in [-0.3, -0.25) is 0 Å². The monoisotopic (exact) mass is 460 g/mol. The molecule has 4 heterocycles. The Morgan fingerprint density at radius 3 is 2.47 bits per heavy atom. The molecule has 3 aromatic heterocycles. The van der Waals surface area contributed by atoms with Crippen LogP contribution in [0.3, 0.4) is 0 Å². The average molecular weight is 461 g/mol. The number of aromatic amines is 1. The number of benzene rings is 1. The molecule has 1 saturated heterocycles. The van der Waals surface area contributed by atoms with Crippen LogP contribution >= 0.6 is 0 Å². The lowest BCUT2D eigenvalue weighted by molar-refractivity contribution is 0.270. The van der Waals surface area contributed by atoms with Crippen LogP contribution in [0.1, 0.15) is 51.0 Å². The van der Waals surface area contributed by atoms with E-state index in [9.17, 15) is 0 Å². The van der Waals surface area contributed by atoms with E-state index in [2.05, 4.69) is 56.2 Å². The quantitative estimate of drug-likeness (QED) is 0.433. The molecule has 0 radical (unpaired) electrons. The minimum Gasteiger partial charge on any atom is -0.344 e. The number of nitrogens with zero attached hydrogens (tertiary/aromatic N) is 8. The fourth-order valence-electron chi connectivity index (χ4n) is 4.25. The molecule has 4 aromatic rings. The molecule has 178 valence electrons. The Bertz CT molecular complexity index is 1240. The highest BCUT2D eigenvalue weighted by atomic mass is 15.4. The topological polar surface area (TPSA) is 103 Å². The van der Waals surface area contributed by atoms with Crippen molar-refractivity contribution in [1.82, 2.24) is 39.7 Å². The van der Waals surface area contributed by atoms with Crippen molar-refractivity contribution in [3.8, 4) is 11.4 Å². The Kier molecular flexibility index (Phi) is 6.14. The first kappa shape index (κ1) is 22.3. The number of hydrogen-bond donors (Lipinski definition) is 2. The summed E-state index contributed by atoms with van der Waals surface area (Å²) in [5.74, 6) is 3.18. The zero-order valence-electron chi connectivity index (χ0n) is 20.2. The van der Waals surface area contributed by atoms with Crippen molar-refractivity contribution < 1.29 is 0 Å². The van der Waals surface area contributed by atoms with Gasteiger partial charge < -0.3 is 20.1 Å². The van der Waals surface area contributed by atoms with E-state index in [-0.39, 0.29) is 6.04 Å². The molecule has 1 aliphatic rings. The Morgan fingerprint density at radius 1 is 1.00 bits per heavy atom. The van der Waals surface area contributed by atoms with Gasteiger partial charge in [0.2, 0.25) is 11.9 Å². The predicted octanol–water partition coefficient (Wildman–Crippen LogP) is 3.35. The average Bonchev–Trinajstić information content (AvgIpc) is 3.53. The summed E-state index contributed by atoms with van der Waals surface area (Å²) in [7, 11) is 0. The number of aromatic nitrogens is 7. The van der Waals surface area contributed by atoms with Gasteiger partial charge in [-0.05, 0) is 19.4 Å². The van der Waals surface area contributed by atoms with Gasteiger partial charge in [-0.15, -0.1) is 10.2 Å². The summed E-state index contributed by atoms with van der Waals surface area (Å²) in [5.41, 5.74) is 2.95. The van der Waals surface area contributed by atoms with Crippen LogP contribution in [0.4, 0.5) is 11.9 Å². The van der Waals surface area contributed by atoms with E-state index in [1.54, 1.807) is 4.52 Å². The first-order valence-corrected chi connectivity index (χ1v) is 12.0. The summed E-state index contributed by atoms with van der Waals surface area (Å²) in [6, 6.07) is 9.84. The molecule has 5 rings (SSSR count). The number of H-pyrrole nitrogens is 1. The third kappa shape index (κ3) is 4.33. The second-order valence-corrected chi connectivity index (χ2v) is 9.05. The lowest BCUT2D eigenvalue weighted by Gasteiger charge is -2.34. The van der Waals surface area contributed by atoms with Crippen molar-refractivity contribution in [3.63, 3.8) is 0 Å². The van der Waals surface area contributed by atoms with E-state index in [0.29, 0.717) is 11.9 Å². The van der Waals surface area contributed by atoms with Crippen molar-refractivity contribution in [1.29, 1.82) is 0 Å². The van der Waals surface area contributed by atoms with E-state index in [0.717, 1.165) is 67.1 Å². The number of fused-ring (bicyclic) bond motifs is 1. The molecular weight excluding hydrogens is 428 g/mol. The van der Waals surface area contributed by atoms with Gasteiger partial charge in [-0.25, -0.2) is 0 Å². The van der Waals surface area contributed by atoms with Gasteiger partial charge in [0.15, 0.2) is 17.3 Å². The van der Waals surface area contributed by atoms with E-state index >= 15 is 0 Å². The summed E-state index contributed by atoms with van der Waals surface area (Å²) in [6.07, 6.45) is 1.89. The molecule has 1 aliphatic heterocycles. The molecule has 0 spiro atoms. The highest BCUT2D eigenvalue weighted by molar-refractivity contribution is 5.57. The molecule has 2 N–H and O–H groups in total. The third-order valence-corrected chi connectivity index (χ3v) is 6.42. The minimum absolute atomic E-state index is 0.153. The van der Waals surface area contributed by atoms with Gasteiger partial charge in [0.1, 0.15) is 0 Å². The second-order valence-electron chi connectivity index (χ2n) is 9.05. The number of rotatable bonds is 7. The maximum Gasteiger partial charge on any atom is 0.230 e. The van der Waals surface area contributed by atoms with Gasteiger partial charge in [0.05, 0.1) is 12.2 Å². The Morgan fingerprint density at radius 2 is 1.76 bits per heavy atom.